The second-order valence-corrected chi connectivity index (χ2v) is 8.20. The van der Waals surface area contributed by atoms with E-state index in [0.29, 0.717) is 24.5 Å². The van der Waals surface area contributed by atoms with Crippen LogP contribution in [0, 0.1) is 0 Å². The van der Waals surface area contributed by atoms with E-state index in [0.717, 1.165) is 35.8 Å². The number of ether oxygens (including phenoxy) is 1. The molecule has 0 amide bonds. The van der Waals surface area contributed by atoms with Crippen molar-refractivity contribution in [1.82, 2.24) is 29.1 Å². The quantitative estimate of drug-likeness (QED) is 0.393. The van der Waals surface area contributed by atoms with Crippen LogP contribution in [0.2, 0.25) is 0 Å². The molecule has 4 heterocycles. The molecule has 0 bridgehead atoms. The summed E-state index contributed by atoms with van der Waals surface area (Å²) in [5.74, 6) is 1.21. The highest BCUT2D eigenvalue weighted by atomic mass is 16.5. The number of para-hydroxylation sites is 3. The smallest absolute Gasteiger partial charge is 0.251 e. The molecule has 5 aromatic rings. The summed E-state index contributed by atoms with van der Waals surface area (Å²) < 4.78 is 11.5. The molecule has 9 heteroatoms. The Kier molecular flexibility index (Phi) is 4.87. The van der Waals surface area contributed by atoms with Gasteiger partial charge < -0.3 is 14.2 Å². The van der Waals surface area contributed by atoms with Crippen molar-refractivity contribution < 1.29 is 4.74 Å². The van der Waals surface area contributed by atoms with E-state index in [4.69, 9.17) is 9.72 Å². The molecule has 0 fully saturated rings. The molecule has 1 aliphatic rings. The minimum atomic E-state index is -0.260. The first kappa shape index (κ1) is 20.2. The van der Waals surface area contributed by atoms with Gasteiger partial charge in [-0.1, -0.05) is 30.3 Å². The van der Waals surface area contributed by atoms with Crippen molar-refractivity contribution in [3.63, 3.8) is 0 Å². The number of anilines is 1. The number of fused-ring (bicyclic) bond motifs is 3. The third-order valence-corrected chi connectivity index (χ3v) is 6.02. The largest absolute Gasteiger partial charge is 0.486 e. The third kappa shape index (κ3) is 3.42. The van der Waals surface area contributed by atoms with E-state index in [9.17, 15) is 4.79 Å². The molecule has 0 saturated heterocycles. The van der Waals surface area contributed by atoms with E-state index in [1.165, 1.54) is 0 Å². The predicted molar refractivity (Wildman–Crippen MR) is 129 cm³/mol. The van der Waals surface area contributed by atoms with Gasteiger partial charge in [-0.15, -0.1) is 0 Å². The molecular weight excluding hydrogens is 430 g/mol. The average Bonchev–Trinajstić information content (AvgIpc) is 3.58. The minimum absolute atomic E-state index is 0.260. The summed E-state index contributed by atoms with van der Waals surface area (Å²) in [5, 5.41) is 8.83. The Hall–Kier alpha value is -4.40. The van der Waals surface area contributed by atoms with Crippen LogP contribution in [0.25, 0.3) is 28.1 Å². The summed E-state index contributed by atoms with van der Waals surface area (Å²) in [6, 6.07) is 19.6. The van der Waals surface area contributed by atoms with Crippen molar-refractivity contribution in [1.29, 1.82) is 0 Å². The number of benzene rings is 2. The second kappa shape index (κ2) is 8.18. The first-order valence-corrected chi connectivity index (χ1v) is 11.2. The molecule has 3 aromatic heterocycles. The number of aryl methyl sites for hydroxylation is 1. The van der Waals surface area contributed by atoms with Crippen molar-refractivity contribution in [2.45, 2.75) is 6.54 Å². The first-order chi connectivity index (χ1) is 16.7. The van der Waals surface area contributed by atoms with Gasteiger partial charge in [0.25, 0.3) is 5.43 Å². The van der Waals surface area contributed by atoms with Gasteiger partial charge in [-0.25, -0.2) is 9.67 Å². The SMILES string of the molecule is Cn1cc(OCCN2CCn3c2nc2ccccc23)c(=O)c(-c2ccnn2-c2ccccc2)n1. The van der Waals surface area contributed by atoms with Gasteiger partial charge in [0.1, 0.15) is 6.61 Å². The van der Waals surface area contributed by atoms with Crippen molar-refractivity contribution >= 4 is 17.0 Å². The van der Waals surface area contributed by atoms with Gasteiger partial charge in [0.05, 0.1) is 41.4 Å². The molecule has 0 unspecified atom stereocenters. The van der Waals surface area contributed by atoms with Crippen LogP contribution >= 0.6 is 0 Å². The van der Waals surface area contributed by atoms with Crippen LogP contribution in [0.5, 0.6) is 5.75 Å². The molecule has 2 aromatic carbocycles. The molecule has 0 aliphatic carbocycles. The van der Waals surface area contributed by atoms with E-state index in [1.807, 2.05) is 48.5 Å². The lowest BCUT2D eigenvalue weighted by Gasteiger charge is -2.16. The molecule has 34 heavy (non-hydrogen) atoms. The Morgan fingerprint density at radius 3 is 2.71 bits per heavy atom. The molecule has 0 atom stereocenters. The van der Waals surface area contributed by atoms with Gasteiger partial charge >= 0.3 is 0 Å². The van der Waals surface area contributed by atoms with Crippen LogP contribution in [-0.4, -0.2) is 48.8 Å². The Morgan fingerprint density at radius 1 is 1.00 bits per heavy atom. The van der Waals surface area contributed by atoms with E-state index in [-0.39, 0.29) is 11.2 Å². The van der Waals surface area contributed by atoms with Crippen LogP contribution in [0.3, 0.4) is 0 Å². The summed E-state index contributed by atoms with van der Waals surface area (Å²) in [7, 11) is 1.78. The zero-order valence-corrected chi connectivity index (χ0v) is 18.7. The van der Waals surface area contributed by atoms with Crippen LogP contribution in [0.4, 0.5) is 5.95 Å². The monoisotopic (exact) mass is 453 g/mol. The number of hydrogen-bond acceptors (Lipinski definition) is 6. The number of imidazole rings is 1. The van der Waals surface area contributed by atoms with Crippen LogP contribution in [-0.2, 0) is 13.6 Å². The number of hydrogen-bond donors (Lipinski definition) is 0. The molecule has 0 saturated carbocycles. The lowest BCUT2D eigenvalue weighted by molar-refractivity contribution is 0.317. The van der Waals surface area contributed by atoms with E-state index < -0.39 is 0 Å². The van der Waals surface area contributed by atoms with Crippen molar-refractivity contribution in [2.24, 2.45) is 7.05 Å². The summed E-state index contributed by atoms with van der Waals surface area (Å²) in [6.07, 6.45) is 3.28. The second-order valence-electron chi connectivity index (χ2n) is 8.20. The highest BCUT2D eigenvalue weighted by Crippen LogP contribution is 2.27. The van der Waals surface area contributed by atoms with E-state index >= 15 is 0 Å². The minimum Gasteiger partial charge on any atom is -0.486 e. The van der Waals surface area contributed by atoms with Crippen LogP contribution in [0.15, 0.2) is 77.9 Å². The molecule has 0 spiro atoms. The molecule has 0 radical (unpaired) electrons. The Morgan fingerprint density at radius 2 is 1.82 bits per heavy atom. The highest BCUT2D eigenvalue weighted by Gasteiger charge is 2.23. The zero-order chi connectivity index (χ0) is 23.1. The van der Waals surface area contributed by atoms with Crippen LogP contribution < -0.4 is 15.1 Å². The van der Waals surface area contributed by atoms with Crippen molar-refractivity contribution in [3.05, 3.63) is 83.3 Å². The fourth-order valence-corrected chi connectivity index (χ4v) is 4.43. The van der Waals surface area contributed by atoms with Gasteiger partial charge in [0.15, 0.2) is 11.4 Å². The lowest BCUT2D eigenvalue weighted by atomic mass is 10.2. The summed E-state index contributed by atoms with van der Waals surface area (Å²) in [6.45, 7) is 2.75. The first-order valence-electron chi connectivity index (χ1n) is 11.2. The zero-order valence-electron chi connectivity index (χ0n) is 18.7. The predicted octanol–water partition coefficient (Wildman–Crippen LogP) is 2.88. The van der Waals surface area contributed by atoms with Crippen LogP contribution in [0.1, 0.15) is 0 Å². The Balaban J connectivity index is 1.23. The fraction of sp³-hybridized carbons (Fsp3) is 0.200. The normalized spacial score (nSPS) is 12.9. The fourth-order valence-electron chi connectivity index (χ4n) is 4.43. The maximum Gasteiger partial charge on any atom is 0.251 e. The van der Waals surface area contributed by atoms with Gasteiger partial charge in [-0.05, 0) is 30.3 Å². The molecule has 1 aliphatic heterocycles. The average molecular weight is 454 g/mol. The maximum absolute atomic E-state index is 13.3. The standard InChI is InChI=1S/C25H23N7O2/c1-29-17-22(24(33)23(28-29)21-11-12-26-32(21)18-7-3-2-4-8-18)34-16-15-30-13-14-31-20-10-6-5-9-19(20)27-25(30)31/h2-12,17H,13-16H2,1H3. The summed E-state index contributed by atoms with van der Waals surface area (Å²) in [5.41, 5.74) is 3.64. The Bertz CT molecular complexity index is 1530. The number of nitrogens with zero attached hydrogens (tertiary/aromatic N) is 7. The van der Waals surface area contributed by atoms with Gasteiger partial charge in [0, 0.05) is 20.1 Å². The van der Waals surface area contributed by atoms with Gasteiger partial charge in [-0.3, -0.25) is 9.48 Å². The molecule has 0 N–H and O–H groups in total. The van der Waals surface area contributed by atoms with Gasteiger partial charge in [-0.2, -0.15) is 10.2 Å². The van der Waals surface area contributed by atoms with Gasteiger partial charge in [0.2, 0.25) is 5.95 Å². The summed E-state index contributed by atoms with van der Waals surface area (Å²) in [4.78, 5) is 20.2. The number of aromatic nitrogens is 6. The molecule has 170 valence electrons. The molecule has 6 rings (SSSR count). The van der Waals surface area contributed by atoms with E-state index in [1.54, 1.807) is 34.9 Å². The van der Waals surface area contributed by atoms with Crippen molar-refractivity contribution in [3.8, 4) is 22.8 Å². The van der Waals surface area contributed by atoms with Crippen molar-refractivity contribution in [2.75, 3.05) is 24.6 Å². The number of rotatable bonds is 6. The highest BCUT2D eigenvalue weighted by molar-refractivity contribution is 5.79. The lowest BCUT2D eigenvalue weighted by Crippen LogP contribution is -2.28. The van der Waals surface area contributed by atoms with E-state index in [2.05, 4.69) is 25.7 Å². The molecule has 9 nitrogen and oxygen atoms in total. The third-order valence-electron chi connectivity index (χ3n) is 6.02. The Labute approximate surface area is 195 Å². The summed E-state index contributed by atoms with van der Waals surface area (Å²) >= 11 is 0. The molecular formula is C25H23N7O2. The maximum atomic E-state index is 13.3. The topological polar surface area (TPSA) is 83.0 Å².